The van der Waals surface area contributed by atoms with Crippen molar-refractivity contribution in [3.8, 4) is 5.75 Å². The van der Waals surface area contributed by atoms with Gasteiger partial charge in [-0.05, 0) is 74.6 Å². The fraction of sp³-hybridized carbons (Fsp3) is 0.417. The van der Waals surface area contributed by atoms with Crippen molar-refractivity contribution in [3.05, 3.63) is 63.7 Å². The number of amides is 2. The number of nitrogens with zero attached hydrogens (tertiary/aromatic N) is 1. The number of hydrogen-bond acceptors (Lipinski definition) is 3. The summed E-state index contributed by atoms with van der Waals surface area (Å²) in [4.78, 5) is 27.2. The van der Waals surface area contributed by atoms with Crippen LogP contribution in [0.15, 0.2) is 36.4 Å². The Labute approximate surface area is 184 Å². The van der Waals surface area contributed by atoms with E-state index in [0.29, 0.717) is 17.3 Å². The summed E-state index contributed by atoms with van der Waals surface area (Å²) in [5.74, 6) is 0.245. The van der Waals surface area contributed by atoms with Gasteiger partial charge < -0.3 is 15.0 Å². The molecule has 0 unspecified atom stereocenters. The van der Waals surface area contributed by atoms with Gasteiger partial charge in [0.25, 0.3) is 5.91 Å². The number of ether oxygens (including phenoxy) is 1. The predicted octanol–water partition coefficient (Wildman–Crippen LogP) is 4.59. The zero-order chi connectivity index (χ0) is 22.3. The van der Waals surface area contributed by atoms with Gasteiger partial charge in [-0.15, -0.1) is 0 Å². The second-order valence-corrected chi connectivity index (χ2v) is 8.05. The standard InChI is InChI=1S/C24H31ClN2O3/c1-6-10-26-24(29)19(5)27(14-20-8-7-9-21(25)13-20)23(28)15-30-22-12-16(2)11-17(3)18(22)4/h7-9,11-13,19H,6,10,14-15H2,1-5H3,(H,26,29)/t19-/m0/s1. The molecule has 1 N–H and O–H groups in total. The molecule has 0 aliphatic rings. The molecule has 162 valence electrons. The third-order valence-corrected chi connectivity index (χ3v) is 5.31. The van der Waals surface area contributed by atoms with Crippen LogP contribution in [-0.2, 0) is 16.1 Å². The minimum absolute atomic E-state index is 0.143. The molecule has 0 fully saturated rings. The molecule has 2 aromatic carbocycles. The summed E-state index contributed by atoms with van der Waals surface area (Å²) in [7, 11) is 0. The van der Waals surface area contributed by atoms with E-state index in [4.69, 9.17) is 16.3 Å². The fourth-order valence-electron chi connectivity index (χ4n) is 3.18. The molecule has 0 aliphatic heterocycles. The maximum atomic E-state index is 13.1. The highest BCUT2D eigenvalue weighted by Gasteiger charge is 2.26. The summed E-state index contributed by atoms with van der Waals surface area (Å²) < 4.78 is 5.86. The monoisotopic (exact) mass is 430 g/mol. The molecule has 0 aliphatic carbocycles. The third-order valence-electron chi connectivity index (χ3n) is 5.07. The summed E-state index contributed by atoms with van der Waals surface area (Å²) >= 11 is 6.10. The van der Waals surface area contributed by atoms with Gasteiger partial charge >= 0.3 is 0 Å². The van der Waals surface area contributed by atoms with Crippen LogP contribution in [0.25, 0.3) is 0 Å². The van der Waals surface area contributed by atoms with Crippen molar-refractivity contribution in [1.82, 2.24) is 10.2 Å². The number of benzene rings is 2. The van der Waals surface area contributed by atoms with Gasteiger partial charge in [0.05, 0.1) is 0 Å². The van der Waals surface area contributed by atoms with Crippen LogP contribution >= 0.6 is 11.6 Å². The maximum absolute atomic E-state index is 13.1. The normalized spacial score (nSPS) is 11.7. The van der Waals surface area contributed by atoms with E-state index in [9.17, 15) is 9.59 Å². The van der Waals surface area contributed by atoms with Crippen LogP contribution in [0.5, 0.6) is 5.75 Å². The Bertz CT molecular complexity index is 898. The number of rotatable bonds is 9. The highest BCUT2D eigenvalue weighted by Crippen LogP contribution is 2.23. The Morgan fingerprint density at radius 2 is 1.90 bits per heavy atom. The van der Waals surface area contributed by atoms with E-state index in [0.717, 1.165) is 28.7 Å². The lowest BCUT2D eigenvalue weighted by Gasteiger charge is -2.29. The molecular weight excluding hydrogens is 400 g/mol. The van der Waals surface area contributed by atoms with E-state index in [1.165, 1.54) is 4.90 Å². The molecule has 2 rings (SSSR count). The summed E-state index contributed by atoms with van der Waals surface area (Å²) in [5, 5.41) is 3.45. The Balaban J connectivity index is 2.19. The van der Waals surface area contributed by atoms with Gasteiger partial charge in [-0.2, -0.15) is 0 Å². The first-order valence-corrected chi connectivity index (χ1v) is 10.6. The first-order chi connectivity index (χ1) is 14.2. The molecule has 0 radical (unpaired) electrons. The number of nitrogens with one attached hydrogen (secondary N) is 1. The Kier molecular flexibility index (Phi) is 8.72. The molecule has 0 heterocycles. The lowest BCUT2D eigenvalue weighted by atomic mass is 10.1. The molecule has 2 amide bonds. The van der Waals surface area contributed by atoms with Crippen LogP contribution in [0.4, 0.5) is 0 Å². The number of carbonyl (C=O) groups is 2. The molecule has 2 aromatic rings. The molecule has 30 heavy (non-hydrogen) atoms. The van der Waals surface area contributed by atoms with E-state index < -0.39 is 6.04 Å². The zero-order valence-electron chi connectivity index (χ0n) is 18.4. The molecule has 0 saturated heterocycles. The van der Waals surface area contributed by atoms with E-state index in [2.05, 4.69) is 11.4 Å². The van der Waals surface area contributed by atoms with Gasteiger partial charge in [-0.3, -0.25) is 9.59 Å². The molecule has 0 bridgehead atoms. The number of halogens is 1. The van der Waals surface area contributed by atoms with E-state index >= 15 is 0 Å². The lowest BCUT2D eigenvalue weighted by molar-refractivity contribution is -0.142. The van der Waals surface area contributed by atoms with Gasteiger partial charge in [0.15, 0.2) is 6.61 Å². The smallest absolute Gasteiger partial charge is 0.261 e. The number of aryl methyl sites for hydroxylation is 2. The summed E-state index contributed by atoms with van der Waals surface area (Å²) in [5.41, 5.74) is 4.04. The first kappa shape index (κ1) is 23.7. The highest BCUT2D eigenvalue weighted by atomic mass is 35.5. The van der Waals surface area contributed by atoms with Crippen LogP contribution < -0.4 is 10.1 Å². The quantitative estimate of drug-likeness (QED) is 0.633. The van der Waals surface area contributed by atoms with E-state index in [1.807, 2.05) is 45.9 Å². The van der Waals surface area contributed by atoms with Crippen molar-refractivity contribution < 1.29 is 14.3 Å². The van der Waals surface area contributed by atoms with Crippen molar-refractivity contribution in [2.75, 3.05) is 13.2 Å². The first-order valence-electron chi connectivity index (χ1n) is 10.2. The highest BCUT2D eigenvalue weighted by molar-refractivity contribution is 6.30. The molecule has 0 saturated carbocycles. The summed E-state index contributed by atoms with van der Waals surface area (Å²) in [6.07, 6.45) is 0.829. The number of carbonyl (C=O) groups excluding carboxylic acids is 2. The number of hydrogen-bond donors (Lipinski definition) is 1. The fourth-order valence-corrected chi connectivity index (χ4v) is 3.40. The van der Waals surface area contributed by atoms with Gasteiger partial charge in [-0.1, -0.05) is 36.7 Å². The summed E-state index contributed by atoms with van der Waals surface area (Å²) in [6, 6.07) is 10.7. The second-order valence-electron chi connectivity index (χ2n) is 7.61. The van der Waals surface area contributed by atoms with Crippen molar-refractivity contribution in [1.29, 1.82) is 0 Å². The average molecular weight is 431 g/mol. The minimum Gasteiger partial charge on any atom is -0.483 e. The minimum atomic E-state index is -0.632. The second kappa shape index (κ2) is 11.0. The zero-order valence-corrected chi connectivity index (χ0v) is 19.2. The average Bonchev–Trinajstić information content (AvgIpc) is 2.71. The van der Waals surface area contributed by atoms with Crippen LogP contribution in [0.2, 0.25) is 5.02 Å². The molecule has 0 aromatic heterocycles. The van der Waals surface area contributed by atoms with Crippen LogP contribution in [0, 0.1) is 20.8 Å². The van der Waals surface area contributed by atoms with Crippen molar-refractivity contribution in [2.24, 2.45) is 0 Å². The Morgan fingerprint density at radius 1 is 1.17 bits per heavy atom. The molecule has 0 spiro atoms. The van der Waals surface area contributed by atoms with E-state index in [-0.39, 0.29) is 25.0 Å². The molecule has 1 atom stereocenters. The van der Waals surface area contributed by atoms with E-state index in [1.54, 1.807) is 19.1 Å². The predicted molar refractivity (Wildman–Crippen MR) is 121 cm³/mol. The van der Waals surface area contributed by atoms with Gasteiger partial charge in [0.2, 0.25) is 5.91 Å². The Hall–Kier alpha value is -2.53. The van der Waals surface area contributed by atoms with Gasteiger partial charge in [0.1, 0.15) is 11.8 Å². The Morgan fingerprint density at radius 3 is 2.57 bits per heavy atom. The molecule has 5 nitrogen and oxygen atoms in total. The van der Waals surface area contributed by atoms with Crippen LogP contribution in [0.3, 0.4) is 0 Å². The maximum Gasteiger partial charge on any atom is 0.261 e. The van der Waals surface area contributed by atoms with Crippen molar-refractivity contribution in [2.45, 2.75) is 53.6 Å². The van der Waals surface area contributed by atoms with Crippen LogP contribution in [0.1, 0.15) is 42.5 Å². The molecular formula is C24H31ClN2O3. The van der Waals surface area contributed by atoms with Gasteiger partial charge in [0, 0.05) is 18.1 Å². The summed E-state index contributed by atoms with van der Waals surface area (Å²) in [6.45, 7) is 10.4. The van der Waals surface area contributed by atoms with Crippen molar-refractivity contribution >= 4 is 23.4 Å². The van der Waals surface area contributed by atoms with Gasteiger partial charge in [-0.25, -0.2) is 0 Å². The SMILES string of the molecule is CCCNC(=O)[C@H](C)N(Cc1cccc(Cl)c1)C(=O)COc1cc(C)cc(C)c1C. The molecule has 6 heteroatoms. The van der Waals surface area contributed by atoms with Crippen molar-refractivity contribution in [3.63, 3.8) is 0 Å². The topological polar surface area (TPSA) is 58.6 Å². The van der Waals surface area contributed by atoms with Crippen LogP contribution in [-0.4, -0.2) is 35.9 Å². The lowest BCUT2D eigenvalue weighted by Crippen LogP contribution is -2.49. The largest absolute Gasteiger partial charge is 0.483 e. The third kappa shape index (κ3) is 6.49.